The number of aromatic nitrogens is 1. The molecule has 0 spiro atoms. The minimum Gasteiger partial charge on any atom is -0.444 e. The average molecular weight is 288 g/mol. The van der Waals surface area contributed by atoms with Crippen molar-refractivity contribution in [3.63, 3.8) is 0 Å². The van der Waals surface area contributed by atoms with E-state index in [0.717, 1.165) is 36.7 Å². The molecule has 3 heteroatoms. The highest BCUT2D eigenvalue weighted by molar-refractivity contribution is 5.19. The highest BCUT2D eigenvalue weighted by Gasteiger charge is 2.53. The van der Waals surface area contributed by atoms with Crippen molar-refractivity contribution in [1.29, 1.82) is 0 Å². The first kappa shape index (κ1) is 13.8. The third-order valence-electron chi connectivity index (χ3n) is 5.94. The molecule has 0 aromatic carbocycles. The van der Waals surface area contributed by atoms with E-state index in [1.54, 1.807) is 0 Å². The van der Waals surface area contributed by atoms with Crippen LogP contribution in [0.2, 0.25) is 0 Å². The fourth-order valence-electron chi connectivity index (χ4n) is 5.52. The fourth-order valence-corrected chi connectivity index (χ4v) is 5.52. The van der Waals surface area contributed by atoms with Gasteiger partial charge in [0, 0.05) is 5.41 Å². The van der Waals surface area contributed by atoms with Crippen LogP contribution in [-0.4, -0.2) is 11.5 Å². The summed E-state index contributed by atoms with van der Waals surface area (Å²) in [5.41, 5.74) is 0.345. The maximum absolute atomic E-state index is 6.18. The summed E-state index contributed by atoms with van der Waals surface area (Å²) in [5.74, 6) is 5.63. The van der Waals surface area contributed by atoms with Crippen LogP contribution in [0.1, 0.15) is 64.0 Å². The lowest BCUT2D eigenvalue weighted by atomic mass is 9.49. The number of nitrogens with zero attached hydrogens (tertiary/aromatic N) is 1. The zero-order valence-electron chi connectivity index (χ0n) is 13.4. The van der Waals surface area contributed by atoms with Gasteiger partial charge >= 0.3 is 0 Å². The lowest BCUT2D eigenvalue weighted by Gasteiger charge is -2.55. The molecule has 4 saturated carbocycles. The Morgan fingerprint density at radius 3 is 2.38 bits per heavy atom. The van der Waals surface area contributed by atoms with E-state index in [4.69, 9.17) is 4.42 Å². The van der Waals surface area contributed by atoms with E-state index >= 15 is 0 Å². The quantitative estimate of drug-likeness (QED) is 0.893. The highest BCUT2D eigenvalue weighted by atomic mass is 16.4. The molecule has 1 aromatic rings. The summed E-state index contributed by atoms with van der Waals surface area (Å²) in [6, 6.07) is 0. The largest absolute Gasteiger partial charge is 0.444 e. The molecule has 0 radical (unpaired) electrons. The van der Waals surface area contributed by atoms with Gasteiger partial charge in [-0.25, -0.2) is 4.98 Å². The molecule has 4 aliphatic carbocycles. The molecule has 0 amide bonds. The topological polar surface area (TPSA) is 38.1 Å². The standard InChI is InChI=1S/C18H28N2O/c1-12(2)9-19-11-17-20-10-16(21-17)18-6-13-3-14(7-18)5-15(4-13)8-18/h10,12-15,19H,3-9,11H2,1-2H3. The van der Waals surface area contributed by atoms with E-state index in [9.17, 15) is 0 Å². The summed E-state index contributed by atoms with van der Waals surface area (Å²) in [5, 5.41) is 3.43. The van der Waals surface area contributed by atoms with E-state index in [0.29, 0.717) is 11.3 Å². The monoisotopic (exact) mass is 288 g/mol. The van der Waals surface area contributed by atoms with Crippen LogP contribution in [0.4, 0.5) is 0 Å². The maximum atomic E-state index is 6.18. The summed E-state index contributed by atoms with van der Waals surface area (Å²) in [7, 11) is 0. The van der Waals surface area contributed by atoms with Crippen molar-refractivity contribution in [1.82, 2.24) is 10.3 Å². The van der Waals surface area contributed by atoms with Gasteiger partial charge in [-0.15, -0.1) is 0 Å². The highest BCUT2D eigenvalue weighted by Crippen LogP contribution is 2.60. The first-order valence-electron chi connectivity index (χ1n) is 8.79. The lowest BCUT2D eigenvalue weighted by molar-refractivity contribution is -0.0156. The van der Waals surface area contributed by atoms with Gasteiger partial charge in [0.2, 0.25) is 5.89 Å². The number of rotatable bonds is 5. The lowest BCUT2D eigenvalue weighted by Crippen LogP contribution is -2.48. The van der Waals surface area contributed by atoms with Gasteiger partial charge in [0.15, 0.2) is 0 Å². The van der Waals surface area contributed by atoms with Crippen molar-refractivity contribution in [2.24, 2.45) is 23.7 Å². The van der Waals surface area contributed by atoms with Crippen LogP contribution in [-0.2, 0) is 12.0 Å². The van der Waals surface area contributed by atoms with Gasteiger partial charge in [-0.3, -0.25) is 0 Å². The summed E-state index contributed by atoms with van der Waals surface area (Å²) in [6.07, 6.45) is 10.6. The summed E-state index contributed by atoms with van der Waals surface area (Å²) < 4.78 is 6.18. The van der Waals surface area contributed by atoms with Crippen molar-refractivity contribution in [3.8, 4) is 0 Å². The zero-order valence-corrected chi connectivity index (χ0v) is 13.4. The molecular weight excluding hydrogens is 260 g/mol. The Hall–Kier alpha value is -0.830. The van der Waals surface area contributed by atoms with E-state index in [1.165, 1.54) is 44.3 Å². The summed E-state index contributed by atoms with van der Waals surface area (Å²) in [6.45, 7) is 6.24. The van der Waals surface area contributed by atoms with Crippen molar-refractivity contribution in [2.45, 2.75) is 64.3 Å². The van der Waals surface area contributed by atoms with Gasteiger partial charge < -0.3 is 9.73 Å². The van der Waals surface area contributed by atoms with Gasteiger partial charge in [0.05, 0.1) is 12.7 Å². The van der Waals surface area contributed by atoms with Gasteiger partial charge in [-0.1, -0.05) is 13.8 Å². The Balaban J connectivity index is 1.48. The molecule has 0 unspecified atom stereocenters. The fraction of sp³-hybridized carbons (Fsp3) is 0.833. The minimum atomic E-state index is 0.345. The molecule has 0 aliphatic heterocycles. The Morgan fingerprint density at radius 2 is 1.81 bits per heavy atom. The number of oxazole rings is 1. The third-order valence-corrected chi connectivity index (χ3v) is 5.94. The van der Waals surface area contributed by atoms with Crippen LogP contribution in [0.5, 0.6) is 0 Å². The molecule has 5 rings (SSSR count). The molecule has 3 nitrogen and oxygen atoms in total. The Morgan fingerprint density at radius 1 is 1.19 bits per heavy atom. The molecule has 1 N–H and O–H groups in total. The van der Waals surface area contributed by atoms with Crippen molar-refractivity contribution >= 4 is 0 Å². The number of hydrogen-bond donors (Lipinski definition) is 1. The molecule has 0 saturated heterocycles. The maximum Gasteiger partial charge on any atom is 0.208 e. The second kappa shape index (κ2) is 5.12. The summed E-state index contributed by atoms with van der Waals surface area (Å²) in [4.78, 5) is 4.54. The van der Waals surface area contributed by atoms with Gasteiger partial charge in [-0.05, 0) is 68.7 Å². The summed E-state index contributed by atoms with van der Waals surface area (Å²) >= 11 is 0. The van der Waals surface area contributed by atoms with Crippen molar-refractivity contribution in [3.05, 3.63) is 17.8 Å². The van der Waals surface area contributed by atoms with Crippen LogP contribution < -0.4 is 5.32 Å². The zero-order chi connectivity index (χ0) is 14.4. The van der Waals surface area contributed by atoms with Gasteiger partial charge in [0.1, 0.15) is 5.76 Å². The number of hydrogen-bond acceptors (Lipinski definition) is 3. The van der Waals surface area contributed by atoms with E-state index < -0.39 is 0 Å². The van der Waals surface area contributed by atoms with Crippen LogP contribution in [0, 0.1) is 23.7 Å². The first-order chi connectivity index (χ1) is 10.1. The van der Waals surface area contributed by atoms with Crippen LogP contribution in [0.15, 0.2) is 10.6 Å². The minimum absolute atomic E-state index is 0.345. The van der Waals surface area contributed by atoms with Crippen LogP contribution in [0.25, 0.3) is 0 Å². The third kappa shape index (κ3) is 2.54. The normalized spacial score (nSPS) is 37.6. The average Bonchev–Trinajstić information content (AvgIpc) is 2.86. The molecule has 21 heavy (non-hydrogen) atoms. The molecule has 116 valence electrons. The van der Waals surface area contributed by atoms with Crippen LogP contribution >= 0.6 is 0 Å². The first-order valence-corrected chi connectivity index (χ1v) is 8.79. The molecule has 4 bridgehead atoms. The Kier molecular flexibility index (Phi) is 3.36. The molecule has 4 aliphatic rings. The van der Waals surface area contributed by atoms with Crippen molar-refractivity contribution in [2.75, 3.05) is 6.54 Å². The van der Waals surface area contributed by atoms with Gasteiger partial charge in [-0.2, -0.15) is 0 Å². The predicted molar refractivity (Wildman–Crippen MR) is 82.9 cm³/mol. The Bertz CT molecular complexity index is 470. The second-order valence-corrected chi connectivity index (χ2v) is 8.34. The van der Waals surface area contributed by atoms with Gasteiger partial charge in [0.25, 0.3) is 0 Å². The van der Waals surface area contributed by atoms with Crippen molar-refractivity contribution < 1.29 is 4.42 Å². The second-order valence-electron chi connectivity index (χ2n) is 8.34. The SMILES string of the molecule is CC(C)CNCc1ncc(C23CC4CC(CC(C4)C2)C3)o1. The molecular formula is C18H28N2O. The predicted octanol–water partition coefficient (Wildman–Crippen LogP) is 3.89. The van der Waals surface area contributed by atoms with E-state index in [2.05, 4.69) is 24.1 Å². The molecule has 0 atom stereocenters. The van der Waals surface area contributed by atoms with E-state index in [-0.39, 0.29) is 0 Å². The smallest absolute Gasteiger partial charge is 0.208 e. The molecule has 1 heterocycles. The van der Waals surface area contributed by atoms with E-state index in [1.807, 2.05) is 6.20 Å². The molecule has 1 aromatic heterocycles. The Labute approximate surface area is 127 Å². The van der Waals surface area contributed by atoms with Crippen LogP contribution in [0.3, 0.4) is 0 Å². The number of nitrogens with one attached hydrogen (secondary N) is 1. The molecule has 4 fully saturated rings.